The Morgan fingerprint density at radius 1 is 1.47 bits per heavy atom. The molecule has 19 heavy (non-hydrogen) atoms. The summed E-state index contributed by atoms with van der Waals surface area (Å²) in [4.78, 5) is 4.81. The van der Waals surface area contributed by atoms with E-state index in [1.54, 1.807) is 0 Å². The monoisotopic (exact) mass is 268 g/mol. The molecule has 0 atom stereocenters. The zero-order chi connectivity index (χ0) is 14.3. The zero-order valence-corrected chi connectivity index (χ0v) is 9.94. The van der Waals surface area contributed by atoms with Gasteiger partial charge in [-0.3, -0.25) is 0 Å². The Hall–Kier alpha value is -2.29. The third-order valence-corrected chi connectivity index (χ3v) is 2.14. The second kappa shape index (κ2) is 6.59. The molecule has 100 valence electrons. The van der Waals surface area contributed by atoms with Gasteiger partial charge in [-0.25, -0.2) is 0 Å². The molecular formula is C13H11F3N2O. The highest BCUT2D eigenvalue weighted by molar-refractivity contribution is 6.01. The van der Waals surface area contributed by atoms with E-state index in [1.807, 2.05) is 6.07 Å². The van der Waals surface area contributed by atoms with Crippen LogP contribution in [0, 0.1) is 11.3 Å². The molecule has 3 nitrogen and oxygen atoms in total. The maximum atomic E-state index is 12.6. The van der Waals surface area contributed by atoms with Gasteiger partial charge in [0.25, 0.3) is 0 Å². The second-order valence-electron chi connectivity index (χ2n) is 3.54. The first kappa shape index (κ1) is 14.8. The highest BCUT2D eigenvalue weighted by atomic mass is 19.4. The smallest absolute Gasteiger partial charge is 0.391 e. The van der Waals surface area contributed by atoms with Crippen LogP contribution < -0.4 is 0 Å². The summed E-state index contributed by atoms with van der Waals surface area (Å²) in [7, 11) is 0. The molecular weight excluding hydrogens is 257 g/mol. The summed E-state index contributed by atoms with van der Waals surface area (Å²) in [5, 5.41) is 12.3. The highest BCUT2D eigenvalue weighted by Crippen LogP contribution is 2.29. The van der Waals surface area contributed by atoms with Gasteiger partial charge in [-0.15, -0.1) is 0 Å². The molecule has 0 bridgehead atoms. The van der Waals surface area contributed by atoms with Crippen molar-refractivity contribution in [2.45, 2.75) is 12.6 Å². The number of oxime groups is 1. The normalized spacial score (nSPS) is 11.8. The number of rotatable bonds is 5. The van der Waals surface area contributed by atoms with E-state index in [0.29, 0.717) is 0 Å². The highest BCUT2D eigenvalue weighted by Gasteiger charge is 2.30. The van der Waals surface area contributed by atoms with Crippen molar-refractivity contribution < 1.29 is 18.0 Å². The van der Waals surface area contributed by atoms with Crippen molar-refractivity contribution in [2.75, 3.05) is 6.61 Å². The van der Waals surface area contributed by atoms with E-state index < -0.39 is 11.7 Å². The fraction of sp³-hybridized carbons (Fsp3) is 0.231. The predicted octanol–water partition coefficient (Wildman–Crippen LogP) is 3.53. The molecule has 0 aliphatic rings. The largest absolute Gasteiger partial charge is 0.416 e. The molecule has 0 spiro atoms. The third-order valence-electron chi connectivity index (χ3n) is 2.14. The average Bonchev–Trinajstić information content (AvgIpc) is 2.37. The fourth-order valence-electron chi connectivity index (χ4n) is 1.30. The minimum atomic E-state index is -4.43. The topological polar surface area (TPSA) is 45.4 Å². The van der Waals surface area contributed by atoms with Gasteiger partial charge in [0.2, 0.25) is 0 Å². The molecule has 1 rings (SSSR count). The summed E-state index contributed by atoms with van der Waals surface area (Å²) in [5.74, 6) is 0. The fourth-order valence-corrected chi connectivity index (χ4v) is 1.30. The predicted molar refractivity (Wildman–Crippen MR) is 64.4 cm³/mol. The van der Waals surface area contributed by atoms with Crippen LogP contribution >= 0.6 is 0 Å². The van der Waals surface area contributed by atoms with Crippen LogP contribution in [0.1, 0.15) is 17.5 Å². The number of nitrogens with zero attached hydrogens (tertiary/aromatic N) is 2. The number of hydrogen-bond donors (Lipinski definition) is 0. The van der Waals surface area contributed by atoms with Crippen LogP contribution in [0.5, 0.6) is 0 Å². The van der Waals surface area contributed by atoms with Gasteiger partial charge in [0.1, 0.15) is 12.3 Å². The van der Waals surface area contributed by atoms with Gasteiger partial charge in [-0.1, -0.05) is 29.9 Å². The van der Waals surface area contributed by atoms with Crippen molar-refractivity contribution in [2.24, 2.45) is 5.16 Å². The molecule has 0 aliphatic carbocycles. The van der Waals surface area contributed by atoms with Crippen molar-refractivity contribution in [3.05, 3.63) is 48.0 Å². The van der Waals surface area contributed by atoms with Crippen LogP contribution in [-0.4, -0.2) is 12.3 Å². The van der Waals surface area contributed by atoms with E-state index in [-0.39, 0.29) is 24.3 Å². The lowest BCUT2D eigenvalue weighted by molar-refractivity contribution is -0.137. The molecule has 1 aromatic carbocycles. The van der Waals surface area contributed by atoms with E-state index in [9.17, 15) is 13.2 Å². The Labute approximate surface area is 108 Å². The Kier molecular flexibility index (Phi) is 5.12. The first-order valence-electron chi connectivity index (χ1n) is 5.33. The number of alkyl halides is 3. The maximum absolute atomic E-state index is 12.6. The van der Waals surface area contributed by atoms with E-state index >= 15 is 0 Å². The van der Waals surface area contributed by atoms with Gasteiger partial charge >= 0.3 is 6.18 Å². The average molecular weight is 268 g/mol. The van der Waals surface area contributed by atoms with Gasteiger partial charge < -0.3 is 4.84 Å². The standard InChI is InChI=1S/C13H11F3N2O/c1-2-8-19-18-12(6-7-17)10-4-3-5-11(9-10)13(14,15)16/h2-5,9H,1,6,8H2/b18-12+. The second-order valence-corrected chi connectivity index (χ2v) is 3.54. The van der Waals surface area contributed by atoms with E-state index in [4.69, 9.17) is 10.1 Å². The lowest BCUT2D eigenvalue weighted by Crippen LogP contribution is -2.08. The molecule has 0 fully saturated rings. The lowest BCUT2D eigenvalue weighted by atomic mass is 10.0. The zero-order valence-electron chi connectivity index (χ0n) is 9.94. The molecule has 0 amide bonds. The van der Waals surface area contributed by atoms with Gasteiger partial charge in [0, 0.05) is 5.56 Å². The summed E-state index contributed by atoms with van der Waals surface area (Å²) in [6, 6.07) is 6.44. The first-order chi connectivity index (χ1) is 8.99. The molecule has 6 heteroatoms. The molecule has 0 saturated heterocycles. The van der Waals surface area contributed by atoms with E-state index in [2.05, 4.69) is 11.7 Å². The maximum Gasteiger partial charge on any atom is 0.416 e. The molecule has 0 radical (unpaired) electrons. The molecule has 0 aromatic heterocycles. The van der Waals surface area contributed by atoms with Gasteiger partial charge in [-0.05, 0) is 12.1 Å². The molecule has 0 N–H and O–H groups in total. The Morgan fingerprint density at radius 3 is 2.79 bits per heavy atom. The van der Waals surface area contributed by atoms with E-state index in [0.717, 1.165) is 12.1 Å². The van der Waals surface area contributed by atoms with Gasteiger partial charge in [0.15, 0.2) is 0 Å². The van der Waals surface area contributed by atoms with Gasteiger partial charge in [-0.2, -0.15) is 18.4 Å². The number of hydrogen-bond acceptors (Lipinski definition) is 3. The molecule has 0 heterocycles. The summed E-state index contributed by atoms with van der Waals surface area (Å²) in [5.41, 5.74) is -0.435. The molecule has 1 aromatic rings. The quantitative estimate of drug-likeness (QED) is 0.355. The summed E-state index contributed by atoms with van der Waals surface area (Å²) >= 11 is 0. The summed E-state index contributed by atoms with van der Waals surface area (Å²) in [6.07, 6.45) is -3.13. The van der Waals surface area contributed by atoms with Crippen LogP contribution in [0.4, 0.5) is 13.2 Å². The SMILES string of the molecule is C=CCO/N=C(\CC#N)c1cccc(C(F)(F)F)c1. The van der Waals surface area contributed by atoms with E-state index in [1.165, 1.54) is 18.2 Å². The minimum Gasteiger partial charge on any atom is -0.391 e. The van der Waals surface area contributed by atoms with Gasteiger partial charge in [0.05, 0.1) is 18.1 Å². The molecule has 0 aliphatic heterocycles. The molecule has 0 saturated carbocycles. The first-order valence-corrected chi connectivity index (χ1v) is 5.33. The number of nitriles is 1. The van der Waals surface area contributed by atoms with Crippen molar-refractivity contribution in [1.29, 1.82) is 5.26 Å². The van der Waals surface area contributed by atoms with Crippen molar-refractivity contribution in [3.63, 3.8) is 0 Å². The minimum absolute atomic E-state index is 0.119. The Morgan fingerprint density at radius 2 is 2.21 bits per heavy atom. The van der Waals surface area contributed by atoms with Crippen LogP contribution in [0.25, 0.3) is 0 Å². The number of benzene rings is 1. The van der Waals surface area contributed by atoms with Crippen LogP contribution in [0.15, 0.2) is 42.1 Å². The lowest BCUT2D eigenvalue weighted by Gasteiger charge is -2.09. The van der Waals surface area contributed by atoms with Crippen LogP contribution in [-0.2, 0) is 11.0 Å². The molecule has 0 unspecified atom stereocenters. The van der Waals surface area contributed by atoms with Crippen LogP contribution in [0.2, 0.25) is 0 Å². The Balaban J connectivity index is 3.06. The third kappa shape index (κ3) is 4.47. The van der Waals surface area contributed by atoms with Crippen LogP contribution in [0.3, 0.4) is 0 Å². The number of halogens is 3. The van der Waals surface area contributed by atoms with Crippen molar-refractivity contribution in [3.8, 4) is 6.07 Å². The summed E-state index contributed by atoms with van der Waals surface area (Å²) in [6.45, 7) is 3.53. The summed E-state index contributed by atoms with van der Waals surface area (Å²) < 4.78 is 37.7. The van der Waals surface area contributed by atoms with Crippen molar-refractivity contribution in [1.82, 2.24) is 0 Å². The van der Waals surface area contributed by atoms with Crippen molar-refractivity contribution >= 4 is 5.71 Å². The Bertz CT molecular complexity index is 515.